The van der Waals surface area contributed by atoms with Crippen molar-refractivity contribution < 1.29 is 19.7 Å². The third-order valence-corrected chi connectivity index (χ3v) is 2.00. The molecule has 0 amide bonds. The Hall–Kier alpha value is -0.650. The summed E-state index contributed by atoms with van der Waals surface area (Å²) in [7, 11) is 1.56. The van der Waals surface area contributed by atoms with Crippen LogP contribution in [0.3, 0.4) is 0 Å². The lowest BCUT2D eigenvalue weighted by Gasteiger charge is -2.24. The maximum absolute atomic E-state index is 10.5. The van der Waals surface area contributed by atoms with Gasteiger partial charge in [0.25, 0.3) is 0 Å². The molecule has 84 valence electrons. The highest BCUT2D eigenvalue weighted by molar-refractivity contribution is 5.72. The van der Waals surface area contributed by atoms with Gasteiger partial charge in [0.05, 0.1) is 5.60 Å². The van der Waals surface area contributed by atoms with Gasteiger partial charge in [-0.05, 0) is 13.8 Å². The number of aliphatic carboxylic acids is 1. The number of carboxylic acid groups (broad SMARTS) is 1. The summed E-state index contributed by atoms with van der Waals surface area (Å²) in [5, 5.41) is 21.1. The highest BCUT2D eigenvalue weighted by atomic mass is 16.5. The van der Waals surface area contributed by atoms with Crippen LogP contribution in [0.25, 0.3) is 0 Å². The second kappa shape index (κ2) is 5.95. The maximum atomic E-state index is 10.5. The van der Waals surface area contributed by atoms with Gasteiger partial charge in [0.1, 0.15) is 6.04 Å². The molecule has 0 aromatic heterocycles. The lowest BCUT2D eigenvalue weighted by Crippen LogP contribution is -2.44. The number of carboxylic acids is 1. The van der Waals surface area contributed by atoms with Crippen LogP contribution in [0.2, 0.25) is 0 Å². The lowest BCUT2D eigenvalue weighted by molar-refractivity contribution is -0.139. The lowest BCUT2D eigenvalue weighted by atomic mass is 10.0. The van der Waals surface area contributed by atoms with Gasteiger partial charge in [0.15, 0.2) is 0 Å². The molecule has 0 aliphatic heterocycles. The van der Waals surface area contributed by atoms with Gasteiger partial charge in [-0.1, -0.05) is 0 Å². The number of nitrogens with one attached hydrogen (secondary N) is 1. The Labute approximate surface area is 84.1 Å². The van der Waals surface area contributed by atoms with Crippen LogP contribution in [0.15, 0.2) is 0 Å². The van der Waals surface area contributed by atoms with Gasteiger partial charge in [0, 0.05) is 26.7 Å². The van der Waals surface area contributed by atoms with Crippen molar-refractivity contribution in [1.82, 2.24) is 5.32 Å². The molecule has 5 heteroatoms. The third kappa shape index (κ3) is 5.90. The molecule has 0 saturated carbocycles. The predicted octanol–water partition coefficient (Wildman–Crippen LogP) is -0.163. The molecule has 0 aromatic carbocycles. The van der Waals surface area contributed by atoms with Crippen LogP contribution in [-0.4, -0.2) is 48.1 Å². The minimum absolute atomic E-state index is 0.240. The molecule has 0 radical (unpaired) electrons. The van der Waals surface area contributed by atoms with Gasteiger partial charge in [-0.15, -0.1) is 0 Å². The van der Waals surface area contributed by atoms with Crippen molar-refractivity contribution in [3.63, 3.8) is 0 Å². The van der Waals surface area contributed by atoms with Crippen LogP contribution in [-0.2, 0) is 9.53 Å². The van der Waals surface area contributed by atoms with E-state index in [0.29, 0.717) is 13.0 Å². The number of hydrogen-bond donors (Lipinski definition) is 3. The molecule has 0 fully saturated rings. The van der Waals surface area contributed by atoms with E-state index in [-0.39, 0.29) is 6.54 Å². The second-order valence-electron chi connectivity index (χ2n) is 3.68. The smallest absolute Gasteiger partial charge is 0.320 e. The van der Waals surface area contributed by atoms with E-state index in [1.54, 1.807) is 14.0 Å². The molecule has 0 bridgehead atoms. The Kier molecular flexibility index (Phi) is 5.68. The number of aliphatic hydroxyl groups is 1. The van der Waals surface area contributed by atoms with Crippen molar-refractivity contribution in [3.8, 4) is 0 Å². The van der Waals surface area contributed by atoms with Crippen molar-refractivity contribution in [2.24, 2.45) is 0 Å². The van der Waals surface area contributed by atoms with Gasteiger partial charge >= 0.3 is 5.97 Å². The molecule has 0 saturated heterocycles. The molecule has 2 atom stereocenters. The van der Waals surface area contributed by atoms with E-state index in [4.69, 9.17) is 9.84 Å². The zero-order valence-corrected chi connectivity index (χ0v) is 8.91. The molecule has 0 rings (SSSR count). The summed E-state index contributed by atoms with van der Waals surface area (Å²) in [6.07, 6.45) is 0.475. The van der Waals surface area contributed by atoms with Crippen molar-refractivity contribution in [2.45, 2.75) is 31.9 Å². The largest absolute Gasteiger partial charge is 0.480 e. The fourth-order valence-electron chi connectivity index (χ4n) is 0.871. The summed E-state index contributed by atoms with van der Waals surface area (Å²) in [6.45, 7) is 3.88. The minimum Gasteiger partial charge on any atom is -0.480 e. The maximum Gasteiger partial charge on any atom is 0.320 e. The monoisotopic (exact) mass is 205 g/mol. The van der Waals surface area contributed by atoms with Crippen LogP contribution in [0.4, 0.5) is 0 Å². The van der Waals surface area contributed by atoms with E-state index in [1.807, 2.05) is 0 Å². The standard InChI is InChI=1S/C9H19NO4/c1-7(8(11)12)10-6-9(2,13)4-5-14-3/h7,10,13H,4-6H2,1-3H3,(H,11,12). The normalized spacial score (nSPS) is 17.4. The van der Waals surface area contributed by atoms with Gasteiger partial charge in [-0.3, -0.25) is 4.79 Å². The molecule has 0 spiro atoms. The van der Waals surface area contributed by atoms with Crippen molar-refractivity contribution in [3.05, 3.63) is 0 Å². The highest BCUT2D eigenvalue weighted by Gasteiger charge is 2.22. The Morgan fingerprint density at radius 2 is 2.21 bits per heavy atom. The first-order valence-electron chi connectivity index (χ1n) is 4.56. The molecule has 14 heavy (non-hydrogen) atoms. The van der Waals surface area contributed by atoms with Crippen LogP contribution in [0.1, 0.15) is 20.3 Å². The zero-order chi connectivity index (χ0) is 11.2. The number of rotatable bonds is 7. The molecule has 3 N–H and O–H groups in total. The number of carbonyl (C=O) groups is 1. The van der Waals surface area contributed by atoms with Gasteiger partial charge in [-0.25, -0.2) is 0 Å². The number of ether oxygens (including phenoxy) is 1. The zero-order valence-electron chi connectivity index (χ0n) is 8.91. The fourth-order valence-corrected chi connectivity index (χ4v) is 0.871. The summed E-state index contributed by atoms with van der Waals surface area (Å²) in [5.74, 6) is -0.924. The summed E-state index contributed by atoms with van der Waals surface area (Å²) in [4.78, 5) is 10.5. The van der Waals surface area contributed by atoms with Crippen LogP contribution >= 0.6 is 0 Å². The van der Waals surface area contributed by atoms with E-state index in [2.05, 4.69) is 5.32 Å². The molecular formula is C9H19NO4. The van der Waals surface area contributed by atoms with E-state index in [0.717, 1.165) is 0 Å². The second-order valence-corrected chi connectivity index (χ2v) is 3.68. The number of hydrogen-bond acceptors (Lipinski definition) is 4. The Bertz CT molecular complexity index is 182. The van der Waals surface area contributed by atoms with Crippen molar-refractivity contribution >= 4 is 5.97 Å². The van der Waals surface area contributed by atoms with E-state index < -0.39 is 17.6 Å². The Morgan fingerprint density at radius 3 is 2.64 bits per heavy atom. The van der Waals surface area contributed by atoms with Gasteiger partial charge in [0.2, 0.25) is 0 Å². The highest BCUT2D eigenvalue weighted by Crippen LogP contribution is 2.07. The van der Waals surface area contributed by atoms with Crippen LogP contribution in [0.5, 0.6) is 0 Å². The third-order valence-electron chi connectivity index (χ3n) is 2.00. The average molecular weight is 205 g/mol. The van der Waals surface area contributed by atoms with Gasteiger partial charge < -0.3 is 20.3 Å². The average Bonchev–Trinajstić information content (AvgIpc) is 2.11. The summed E-state index contributed by atoms with van der Waals surface area (Å²) in [5.41, 5.74) is -0.931. The fraction of sp³-hybridized carbons (Fsp3) is 0.889. The molecule has 0 aliphatic rings. The summed E-state index contributed by atoms with van der Waals surface area (Å²) in [6, 6.07) is -0.649. The molecule has 0 aromatic rings. The van der Waals surface area contributed by atoms with Crippen molar-refractivity contribution in [1.29, 1.82) is 0 Å². The summed E-state index contributed by atoms with van der Waals surface area (Å²) >= 11 is 0. The van der Waals surface area contributed by atoms with E-state index in [1.165, 1.54) is 6.92 Å². The van der Waals surface area contributed by atoms with E-state index in [9.17, 15) is 9.90 Å². The Balaban J connectivity index is 3.80. The molecular weight excluding hydrogens is 186 g/mol. The van der Waals surface area contributed by atoms with E-state index >= 15 is 0 Å². The minimum atomic E-state index is -0.931. The molecule has 0 aliphatic carbocycles. The first-order valence-corrected chi connectivity index (χ1v) is 4.56. The Morgan fingerprint density at radius 1 is 1.64 bits per heavy atom. The van der Waals surface area contributed by atoms with Gasteiger partial charge in [-0.2, -0.15) is 0 Å². The van der Waals surface area contributed by atoms with Crippen molar-refractivity contribution in [2.75, 3.05) is 20.3 Å². The topological polar surface area (TPSA) is 78.8 Å². The van der Waals surface area contributed by atoms with Crippen LogP contribution < -0.4 is 5.32 Å². The molecule has 2 unspecified atom stereocenters. The first-order chi connectivity index (χ1) is 6.39. The molecule has 0 heterocycles. The quantitative estimate of drug-likeness (QED) is 0.538. The first kappa shape index (κ1) is 13.4. The molecule has 5 nitrogen and oxygen atoms in total. The predicted molar refractivity (Wildman–Crippen MR) is 52.2 cm³/mol. The number of methoxy groups -OCH3 is 1. The summed E-state index contributed by atoms with van der Waals surface area (Å²) < 4.78 is 4.83. The SMILES string of the molecule is COCCC(C)(O)CNC(C)C(=O)O. The van der Waals surface area contributed by atoms with Crippen LogP contribution in [0, 0.1) is 0 Å².